The Morgan fingerprint density at radius 1 is 0.829 bits per heavy atom. The van der Waals surface area contributed by atoms with Crippen molar-refractivity contribution in [2.45, 2.75) is 45.8 Å². The van der Waals surface area contributed by atoms with Crippen LogP contribution in [0.4, 0.5) is 13.2 Å². The predicted molar refractivity (Wildman–Crippen MR) is 133 cm³/mol. The molecule has 4 rings (SSSR count). The average Bonchev–Trinajstić information content (AvgIpc) is 2.88. The molecule has 5 heteroatoms. The first-order chi connectivity index (χ1) is 17.0. The number of allylic oxidation sites excluding steroid dienone is 1. The molecule has 0 atom stereocenters. The quantitative estimate of drug-likeness (QED) is 0.238. The van der Waals surface area contributed by atoms with Crippen LogP contribution in [0.3, 0.4) is 0 Å². The van der Waals surface area contributed by atoms with Crippen molar-refractivity contribution in [3.05, 3.63) is 95.3 Å². The Morgan fingerprint density at radius 2 is 1.51 bits per heavy atom. The van der Waals surface area contributed by atoms with Crippen LogP contribution in [0.15, 0.2) is 66.7 Å². The summed E-state index contributed by atoms with van der Waals surface area (Å²) < 4.78 is 55.6. The van der Waals surface area contributed by atoms with E-state index < -0.39 is 23.7 Å². The van der Waals surface area contributed by atoms with Crippen LogP contribution in [0.25, 0.3) is 22.3 Å². The van der Waals surface area contributed by atoms with Gasteiger partial charge < -0.3 is 9.47 Å². The third kappa shape index (κ3) is 5.85. The van der Waals surface area contributed by atoms with Gasteiger partial charge in [-0.05, 0) is 48.1 Å². The van der Waals surface area contributed by atoms with E-state index in [1.807, 2.05) is 25.1 Å². The van der Waals surface area contributed by atoms with Crippen molar-refractivity contribution < 1.29 is 22.6 Å². The van der Waals surface area contributed by atoms with Crippen LogP contribution in [0.1, 0.15) is 50.5 Å². The highest BCUT2D eigenvalue weighted by Gasteiger charge is 2.24. The van der Waals surface area contributed by atoms with E-state index in [2.05, 4.69) is 6.92 Å². The molecule has 184 valence electrons. The van der Waals surface area contributed by atoms with Gasteiger partial charge in [0, 0.05) is 17.0 Å². The fourth-order valence-corrected chi connectivity index (χ4v) is 4.39. The maximum absolute atomic E-state index is 14.9. The van der Waals surface area contributed by atoms with Crippen molar-refractivity contribution >= 4 is 0 Å². The van der Waals surface area contributed by atoms with Gasteiger partial charge in [-0.15, -0.1) is 0 Å². The minimum Gasteiger partial charge on any atom is -0.348 e. The largest absolute Gasteiger partial charge is 0.348 e. The Hall–Kier alpha value is -2.89. The van der Waals surface area contributed by atoms with Crippen molar-refractivity contribution in [1.82, 2.24) is 0 Å². The van der Waals surface area contributed by atoms with E-state index >= 15 is 0 Å². The number of hydrogen-bond donors (Lipinski definition) is 0. The summed E-state index contributed by atoms with van der Waals surface area (Å²) in [5.41, 5.74) is 3.02. The summed E-state index contributed by atoms with van der Waals surface area (Å²) in [6.45, 7) is 4.98. The van der Waals surface area contributed by atoms with E-state index in [1.165, 1.54) is 6.07 Å². The van der Waals surface area contributed by atoms with Gasteiger partial charge in [-0.2, -0.15) is 0 Å². The van der Waals surface area contributed by atoms with Gasteiger partial charge >= 0.3 is 0 Å². The van der Waals surface area contributed by atoms with E-state index in [0.29, 0.717) is 41.9 Å². The monoisotopic (exact) mass is 480 g/mol. The van der Waals surface area contributed by atoms with Crippen LogP contribution in [-0.2, 0) is 15.9 Å². The van der Waals surface area contributed by atoms with E-state index in [9.17, 15) is 13.2 Å². The Balaban J connectivity index is 1.48. The molecule has 0 amide bonds. The first-order valence-electron chi connectivity index (χ1n) is 12.2. The van der Waals surface area contributed by atoms with E-state index in [1.54, 1.807) is 42.5 Å². The molecule has 0 aromatic heterocycles. The van der Waals surface area contributed by atoms with Crippen molar-refractivity contribution in [3.63, 3.8) is 0 Å². The number of aryl methyl sites for hydroxylation is 1. The summed E-state index contributed by atoms with van der Waals surface area (Å²) in [5.74, 6) is -1.84. The normalized spacial score (nSPS) is 18.3. The van der Waals surface area contributed by atoms with Crippen molar-refractivity contribution in [1.29, 1.82) is 0 Å². The third-order valence-corrected chi connectivity index (χ3v) is 6.38. The van der Waals surface area contributed by atoms with Gasteiger partial charge in [0.15, 0.2) is 17.9 Å². The fraction of sp³-hybridized carbons (Fsp3) is 0.333. The lowest BCUT2D eigenvalue weighted by Crippen LogP contribution is -2.26. The van der Waals surface area contributed by atoms with Gasteiger partial charge in [-0.25, -0.2) is 13.2 Å². The second-order valence-electron chi connectivity index (χ2n) is 8.96. The van der Waals surface area contributed by atoms with Gasteiger partial charge in [0.2, 0.25) is 0 Å². The van der Waals surface area contributed by atoms with Gasteiger partial charge in [-0.1, -0.05) is 80.4 Å². The second-order valence-corrected chi connectivity index (χ2v) is 8.96. The number of unbranched alkanes of at least 4 members (excludes halogenated alkanes) is 2. The maximum atomic E-state index is 14.9. The molecular formula is C30H31F3O2. The molecule has 1 aliphatic rings. The molecule has 2 nitrogen and oxygen atoms in total. The number of ether oxygens (including phenoxy) is 2. The first kappa shape index (κ1) is 25.2. The highest BCUT2D eigenvalue weighted by Crippen LogP contribution is 2.32. The van der Waals surface area contributed by atoms with Crippen molar-refractivity contribution in [2.24, 2.45) is 5.92 Å². The standard InChI is InChI=1S/C30H31F3O2/c1-3-5-6-8-23-13-15-25(29(33)28(23)32)22-11-9-21(10-12-22)24-14-16-26(27(31)17-24)30-34-18-20(7-4-2)19-35-30/h4,7,9-17,20,30H,3,5-6,8,18-19H2,1-2H3. The van der Waals surface area contributed by atoms with Crippen LogP contribution in [-0.4, -0.2) is 13.2 Å². The zero-order valence-corrected chi connectivity index (χ0v) is 20.2. The molecule has 0 radical (unpaired) electrons. The number of halogens is 3. The van der Waals surface area contributed by atoms with E-state index in [-0.39, 0.29) is 11.5 Å². The van der Waals surface area contributed by atoms with Gasteiger partial charge in [-0.3, -0.25) is 0 Å². The van der Waals surface area contributed by atoms with Crippen molar-refractivity contribution in [2.75, 3.05) is 13.2 Å². The van der Waals surface area contributed by atoms with Crippen LogP contribution in [0, 0.1) is 23.4 Å². The maximum Gasteiger partial charge on any atom is 0.186 e. The molecule has 1 fully saturated rings. The molecule has 3 aromatic rings. The lowest BCUT2D eigenvalue weighted by Gasteiger charge is -2.28. The van der Waals surface area contributed by atoms with E-state index in [0.717, 1.165) is 24.8 Å². The highest BCUT2D eigenvalue weighted by molar-refractivity contribution is 5.71. The molecule has 35 heavy (non-hydrogen) atoms. The molecule has 1 aliphatic heterocycles. The van der Waals surface area contributed by atoms with Gasteiger partial charge in [0.25, 0.3) is 0 Å². The molecule has 0 aliphatic carbocycles. The zero-order chi connectivity index (χ0) is 24.8. The molecule has 0 N–H and O–H groups in total. The highest BCUT2D eigenvalue weighted by atomic mass is 19.2. The molecule has 0 bridgehead atoms. The fourth-order valence-electron chi connectivity index (χ4n) is 4.39. The first-order valence-corrected chi connectivity index (χ1v) is 12.2. The predicted octanol–water partition coefficient (Wildman–Crippen LogP) is 8.41. The van der Waals surface area contributed by atoms with Gasteiger partial charge in [0.1, 0.15) is 5.82 Å². The zero-order valence-electron chi connectivity index (χ0n) is 20.2. The summed E-state index contributed by atoms with van der Waals surface area (Å²) in [4.78, 5) is 0. The summed E-state index contributed by atoms with van der Waals surface area (Å²) in [6.07, 6.45) is 6.63. The lowest BCUT2D eigenvalue weighted by molar-refractivity contribution is -0.198. The van der Waals surface area contributed by atoms with Crippen LogP contribution >= 0.6 is 0 Å². The average molecular weight is 481 g/mol. The topological polar surface area (TPSA) is 18.5 Å². The molecule has 0 unspecified atom stereocenters. The SMILES string of the molecule is CC=CC1COC(c2ccc(-c3ccc(-c4ccc(CCCCC)c(F)c4F)cc3)cc2F)OC1. The van der Waals surface area contributed by atoms with Crippen molar-refractivity contribution in [3.8, 4) is 22.3 Å². The number of rotatable bonds is 8. The summed E-state index contributed by atoms with van der Waals surface area (Å²) >= 11 is 0. The molecule has 3 aromatic carbocycles. The Kier molecular flexibility index (Phi) is 8.42. The third-order valence-electron chi connectivity index (χ3n) is 6.38. The molecule has 1 heterocycles. The number of hydrogen-bond acceptors (Lipinski definition) is 2. The molecule has 0 spiro atoms. The second kappa shape index (κ2) is 11.7. The molecule has 1 saturated heterocycles. The molecular weight excluding hydrogens is 449 g/mol. The van der Waals surface area contributed by atoms with Crippen LogP contribution < -0.4 is 0 Å². The minimum atomic E-state index is -0.828. The summed E-state index contributed by atoms with van der Waals surface area (Å²) in [6, 6.07) is 15.2. The smallest absolute Gasteiger partial charge is 0.186 e. The Labute approximate surface area is 205 Å². The number of benzene rings is 3. The van der Waals surface area contributed by atoms with E-state index in [4.69, 9.17) is 9.47 Å². The summed E-state index contributed by atoms with van der Waals surface area (Å²) in [5, 5.41) is 0. The van der Waals surface area contributed by atoms with Crippen LogP contribution in [0.2, 0.25) is 0 Å². The molecule has 0 saturated carbocycles. The Morgan fingerprint density at radius 3 is 2.17 bits per heavy atom. The van der Waals surface area contributed by atoms with Gasteiger partial charge in [0.05, 0.1) is 13.2 Å². The summed E-state index contributed by atoms with van der Waals surface area (Å²) in [7, 11) is 0. The van der Waals surface area contributed by atoms with Crippen LogP contribution in [0.5, 0.6) is 0 Å². The Bertz CT molecular complexity index is 1160. The minimum absolute atomic E-state index is 0.174. The lowest BCUT2D eigenvalue weighted by atomic mass is 9.97.